The second-order valence-electron chi connectivity index (χ2n) is 5.40. The van der Waals surface area contributed by atoms with Gasteiger partial charge in [-0.1, -0.05) is 41.4 Å². The molecule has 0 saturated carbocycles. The molecule has 0 bridgehead atoms. The summed E-state index contributed by atoms with van der Waals surface area (Å²) in [5.74, 6) is 0.0146. The Labute approximate surface area is 154 Å². The minimum absolute atomic E-state index is 0.169. The van der Waals surface area contributed by atoms with Gasteiger partial charge in [0.1, 0.15) is 0 Å². The Bertz CT molecular complexity index is 769. The van der Waals surface area contributed by atoms with Crippen LogP contribution in [0.3, 0.4) is 0 Å². The number of carbonyl (C=O) groups is 1. The summed E-state index contributed by atoms with van der Waals surface area (Å²) in [5.41, 5.74) is 2.34. The van der Waals surface area contributed by atoms with Crippen molar-refractivity contribution in [3.05, 3.63) is 63.6 Å². The van der Waals surface area contributed by atoms with Gasteiger partial charge in [0.25, 0.3) is 0 Å². The smallest absolute Gasteiger partial charge is 0.237 e. The maximum Gasteiger partial charge on any atom is 0.237 e. The molecule has 0 fully saturated rings. The maximum absolute atomic E-state index is 12.5. The molecule has 1 aliphatic heterocycles. The summed E-state index contributed by atoms with van der Waals surface area (Å²) in [6, 6.07) is 12.7. The van der Waals surface area contributed by atoms with Crippen molar-refractivity contribution >= 4 is 46.6 Å². The number of nitrogens with zero attached hydrogens (tertiary/aromatic N) is 1. The van der Waals surface area contributed by atoms with Crippen LogP contribution in [0.5, 0.6) is 0 Å². The molecule has 0 saturated heterocycles. The number of carbonyl (C=O) groups excluding carboxylic acids is 1. The van der Waals surface area contributed by atoms with Gasteiger partial charge in [0.2, 0.25) is 5.91 Å². The van der Waals surface area contributed by atoms with Crippen molar-refractivity contribution in [1.29, 1.82) is 0 Å². The zero-order chi connectivity index (χ0) is 17.3. The number of benzene rings is 2. The van der Waals surface area contributed by atoms with Gasteiger partial charge in [-0.15, -0.1) is 11.8 Å². The van der Waals surface area contributed by atoms with E-state index in [1.165, 1.54) is 16.7 Å². The fourth-order valence-corrected chi connectivity index (χ4v) is 4.45. The van der Waals surface area contributed by atoms with Crippen LogP contribution >= 0.6 is 35.0 Å². The van der Waals surface area contributed by atoms with Gasteiger partial charge in [-0.05, 0) is 35.4 Å². The molecular weight excluding hydrogens is 369 g/mol. The average Bonchev–Trinajstić information content (AvgIpc) is 2.66. The molecular formula is C17H15Cl2NO3S. The molecule has 1 aliphatic rings. The molecule has 0 radical (unpaired) electrons. The number of β-amino-alcohol motifs (C(OH)–C–C–N with tert-alkyl or cyclic N) is 2. The van der Waals surface area contributed by atoms with Crippen LogP contribution in [0, 0.1) is 0 Å². The number of aliphatic hydroxyl groups excluding tert-OH is 1. The zero-order valence-electron chi connectivity index (χ0n) is 12.5. The van der Waals surface area contributed by atoms with E-state index in [0.29, 0.717) is 15.7 Å². The minimum Gasteiger partial charge on any atom is -0.367 e. The Balaban J connectivity index is 2.15. The van der Waals surface area contributed by atoms with E-state index in [1.807, 2.05) is 24.3 Å². The topological polar surface area (TPSA) is 60.8 Å². The molecule has 1 amide bonds. The normalized spacial score (nSPS) is 17.8. The van der Waals surface area contributed by atoms with Crippen molar-refractivity contribution < 1.29 is 15.0 Å². The highest BCUT2D eigenvalue weighted by atomic mass is 35.5. The monoisotopic (exact) mass is 383 g/mol. The number of anilines is 1. The molecule has 1 heterocycles. The average molecular weight is 384 g/mol. The third-order valence-electron chi connectivity index (χ3n) is 3.77. The van der Waals surface area contributed by atoms with Crippen LogP contribution in [0.25, 0.3) is 0 Å². The van der Waals surface area contributed by atoms with Gasteiger partial charge in [-0.3, -0.25) is 4.79 Å². The fourth-order valence-electron chi connectivity index (χ4n) is 2.75. The summed E-state index contributed by atoms with van der Waals surface area (Å²) < 4.78 is 0. The lowest BCUT2D eigenvalue weighted by Crippen LogP contribution is -2.38. The highest BCUT2D eigenvalue weighted by Gasteiger charge is 2.31. The number of amides is 1. The second kappa shape index (κ2) is 7.33. The van der Waals surface area contributed by atoms with Crippen molar-refractivity contribution in [3.8, 4) is 0 Å². The van der Waals surface area contributed by atoms with Gasteiger partial charge in [0.15, 0.2) is 6.29 Å². The summed E-state index contributed by atoms with van der Waals surface area (Å²) in [5, 5.41) is 19.7. The SMILES string of the molecule is O=C1CSC(c2ccccc2Cl)c2cc(Cl)ccc2N1CC(O)O. The number of aliphatic hydroxyl groups is 2. The highest BCUT2D eigenvalue weighted by Crippen LogP contribution is 2.46. The van der Waals surface area contributed by atoms with E-state index in [4.69, 9.17) is 23.2 Å². The van der Waals surface area contributed by atoms with Gasteiger partial charge in [-0.2, -0.15) is 0 Å². The lowest BCUT2D eigenvalue weighted by Gasteiger charge is -2.25. The Morgan fingerprint density at radius 2 is 1.92 bits per heavy atom. The first-order chi connectivity index (χ1) is 11.5. The molecule has 2 N–H and O–H groups in total. The van der Waals surface area contributed by atoms with Crippen LogP contribution < -0.4 is 4.90 Å². The van der Waals surface area contributed by atoms with Crippen molar-refractivity contribution in [2.45, 2.75) is 11.5 Å². The summed E-state index contributed by atoms with van der Waals surface area (Å²) in [4.78, 5) is 13.9. The molecule has 24 heavy (non-hydrogen) atoms. The first-order valence-corrected chi connectivity index (χ1v) is 9.10. The predicted molar refractivity (Wildman–Crippen MR) is 97.8 cm³/mol. The van der Waals surface area contributed by atoms with E-state index in [1.54, 1.807) is 18.2 Å². The van der Waals surface area contributed by atoms with Crippen LogP contribution in [0.4, 0.5) is 5.69 Å². The second-order valence-corrected chi connectivity index (χ2v) is 7.34. The maximum atomic E-state index is 12.5. The molecule has 0 spiro atoms. The first-order valence-electron chi connectivity index (χ1n) is 7.29. The summed E-state index contributed by atoms with van der Waals surface area (Å²) in [7, 11) is 0. The number of hydrogen-bond acceptors (Lipinski definition) is 4. The number of hydrogen-bond donors (Lipinski definition) is 2. The number of rotatable bonds is 3. The summed E-state index contributed by atoms with van der Waals surface area (Å²) in [6.07, 6.45) is -1.61. The van der Waals surface area contributed by atoms with Crippen molar-refractivity contribution in [2.24, 2.45) is 0 Å². The Kier molecular flexibility index (Phi) is 5.37. The van der Waals surface area contributed by atoms with Crippen molar-refractivity contribution in [1.82, 2.24) is 0 Å². The van der Waals surface area contributed by atoms with E-state index in [9.17, 15) is 15.0 Å². The standard InChI is InChI=1S/C17H15Cl2NO3S/c18-10-5-6-14-12(7-10)17(11-3-1-2-4-13(11)19)24-9-15(21)20(14)8-16(22)23/h1-7,16-17,22-23H,8-9H2. The zero-order valence-corrected chi connectivity index (χ0v) is 14.9. The van der Waals surface area contributed by atoms with E-state index in [2.05, 4.69) is 0 Å². The predicted octanol–water partition coefficient (Wildman–Crippen LogP) is 3.47. The summed E-state index contributed by atoms with van der Waals surface area (Å²) in [6.45, 7) is -0.191. The molecule has 3 rings (SSSR count). The largest absolute Gasteiger partial charge is 0.367 e. The van der Waals surface area contributed by atoms with Gasteiger partial charge >= 0.3 is 0 Å². The lowest BCUT2D eigenvalue weighted by atomic mass is 10.0. The lowest BCUT2D eigenvalue weighted by molar-refractivity contribution is -0.117. The molecule has 126 valence electrons. The van der Waals surface area contributed by atoms with E-state index >= 15 is 0 Å². The van der Waals surface area contributed by atoms with Gasteiger partial charge in [0.05, 0.1) is 17.5 Å². The molecule has 4 nitrogen and oxygen atoms in total. The van der Waals surface area contributed by atoms with Crippen LogP contribution in [0.1, 0.15) is 16.4 Å². The Morgan fingerprint density at radius 1 is 1.17 bits per heavy atom. The molecule has 1 unspecified atom stereocenters. The fraction of sp³-hybridized carbons (Fsp3) is 0.235. The quantitative estimate of drug-likeness (QED) is 0.796. The third kappa shape index (κ3) is 3.55. The van der Waals surface area contributed by atoms with Crippen molar-refractivity contribution in [3.63, 3.8) is 0 Å². The molecule has 0 aromatic heterocycles. The number of halogens is 2. The van der Waals surface area contributed by atoms with Gasteiger partial charge < -0.3 is 15.1 Å². The van der Waals surface area contributed by atoms with E-state index in [0.717, 1.165) is 11.1 Å². The molecule has 2 aromatic rings. The van der Waals surface area contributed by atoms with Crippen LogP contribution in [0.15, 0.2) is 42.5 Å². The van der Waals surface area contributed by atoms with E-state index < -0.39 is 6.29 Å². The Morgan fingerprint density at radius 3 is 2.62 bits per heavy atom. The summed E-state index contributed by atoms with van der Waals surface area (Å²) >= 11 is 14.0. The molecule has 7 heteroatoms. The molecule has 1 atom stereocenters. The Hall–Kier alpha value is -1.24. The van der Waals surface area contributed by atoms with E-state index in [-0.39, 0.29) is 23.5 Å². The first kappa shape index (κ1) is 17.6. The van der Waals surface area contributed by atoms with Gasteiger partial charge in [0, 0.05) is 15.7 Å². The number of thioether (sulfide) groups is 1. The highest BCUT2D eigenvalue weighted by molar-refractivity contribution is 8.00. The third-order valence-corrected chi connectivity index (χ3v) is 5.61. The minimum atomic E-state index is -1.61. The molecule has 0 aliphatic carbocycles. The molecule has 2 aromatic carbocycles. The van der Waals surface area contributed by atoms with Crippen LogP contribution in [-0.2, 0) is 4.79 Å². The van der Waals surface area contributed by atoms with Gasteiger partial charge in [-0.25, -0.2) is 0 Å². The number of fused-ring (bicyclic) bond motifs is 1. The van der Waals surface area contributed by atoms with Crippen molar-refractivity contribution in [2.75, 3.05) is 17.2 Å². The van der Waals surface area contributed by atoms with Crippen LogP contribution in [-0.4, -0.2) is 34.7 Å². The van der Waals surface area contributed by atoms with Crippen LogP contribution in [0.2, 0.25) is 10.0 Å².